The molecular formula is C22H27NO2. The van der Waals surface area contributed by atoms with Gasteiger partial charge in [0.05, 0.1) is 12.5 Å². The van der Waals surface area contributed by atoms with E-state index in [1.54, 1.807) is 0 Å². The van der Waals surface area contributed by atoms with Crippen molar-refractivity contribution in [2.75, 3.05) is 7.11 Å². The second-order valence-corrected chi connectivity index (χ2v) is 7.08. The van der Waals surface area contributed by atoms with Crippen LogP contribution in [0.25, 0.3) is 0 Å². The number of methoxy groups -OCH3 is 1. The van der Waals surface area contributed by atoms with Gasteiger partial charge in [0.2, 0.25) is 0 Å². The third-order valence-corrected chi connectivity index (χ3v) is 5.46. The fraction of sp³-hybridized carbons (Fsp3) is 0.409. The number of carbonyl (C=O) groups is 1. The summed E-state index contributed by atoms with van der Waals surface area (Å²) in [5.41, 5.74) is 3.10. The highest BCUT2D eigenvalue weighted by atomic mass is 16.5. The normalized spacial score (nSPS) is 23.2. The van der Waals surface area contributed by atoms with E-state index >= 15 is 0 Å². The molecule has 0 aliphatic heterocycles. The van der Waals surface area contributed by atoms with Crippen LogP contribution < -0.4 is 5.32 Å². The maximum atomic E-state index is 12.6. The standard InChI is InChI=1S/C22H27NO2/c1-17-8-10-19(11-9-17)22(21(24)25-2)14-12-20(13-15-22)23-16-18-6-4-3-5-7-18/h3-11,20,23H,12-16H2,1-2H3/t20-,22-. The Morgan fingerprint density at radius 1 is 1.08 bits per heavy atom. The molecule has 0 atom stereocenters. The molecule has 0 spiro atoms. The summed E-state index contributed by atoms with van der Waals surface area (Å²) in [5.74, 6) is -0.0992. The molecule has 0 unspecified atom stereocenters. The van der Waals surface area contributed by atoms with Crippen LogP contribution in [-0.2, 0) is 21.5 Å². The van der Waals surface area contributed by atoms with Crippen molar-refractivity contribution in [3.8, 4) is 0 Å². The van der Waals surface area contributed by atoms with Crippen molar-refractivity contribution in [1.29, 1.82) is 0 Å². The molecule has 0 radical (unpaired) electrons. The second kappa shape index (κ2) is 7.83. The molecule has 2 aromatic rings. The van der Waals surface area contributed by atoms with Crippen molar-refractivity contribution < 1.29 is 9.53 Å². The van der Waals surface area contributed by atoms with Gasteiger partial charge in [0, 0.05) is 12.6 Å². The van der Waals surface area contributed by atoms with Gasteiger partial charge in [0.1, 0.15) is 0 Å². The molecule has 1 fully saturated rings. The minimum Gasteiger partial charge on any atom is -0.468 e. The van der Waals surface area contributed by atoms with Crippen LogP contribution in [-0.4, -0.2) is 19.1 Å². The predicted molar refractivity (Wildman–Crippen MR) is 100 cm³/mol. The molecule has 1 N–H and O–H groups in total. The largest absolute Gasteiger partial charge is 0.468 e. The smallest absolute Gasteiger partial charge is 0.316 e. The fourth-order valence-electron chi connectivity index (χ4n) is 3.85. The number of nitrogens with one attached hydrogen (secondary N) is 1. The summed E-state index contributed by atoms with van der Waals surface area (Å²) in [4.78, 5) is 12.6. The van der Waals surface area contributed by atoms with Crippen molar-refractivity contribution in [2.24, 2.45) is 0 Å². The van der Waals surface area contributed by atoms with Gasteiger partial charge in [-0.05, 0) is 43.7 Å². The molecule has 2 aromatic carbocycles. The lowest BCUT2D eigenvalue weighted by atomic mass is 9.68. The molecule has 0 heterocycles. The van der Waals surface area contributed by atoms with Crippen LogP contribution in [0.1, 0.15) is 42.4 Å². The van der Waals surface area contributed by atoms with E-state index in [0.29, 0.717) is 6.04 Å². The molecule has 0 amide bonds. The average molecular weight is 337 g/mol. The lowest BCUT2D eigenvalue weighted by molar-refractivity contribution is -0.149. The molecule has 25 heavy (non-hydrogen) atoms. The number of ether oxygens (including phenoxy) is 1. The van der Waals surface area contributed by atoms with Gasteiger partial charge in [0.15, 0.2) is 0 Å². The molecule has 1 aliphatic rings. The number of hydrogen-bond acceptors (Lipinski definition) is 3. The molecule has 3 nitrogen and oxygen atoms in total. The molecule has 0 saturated heterocycles. The second-order valence-electron chi connectivity index (χ2n) is 7.08. The molecule has 0 bridgehead atoms. The van der Waals surface area contributed by atoms with E-state index in [9.17, 15) is 4.79 Å². The Labute approximate surface area is 150 Å². The average Bonchev–Trinajstić information content (AvgIpc) is 2.67. The van der Waals surface area contributed by atoms with Gasteiger partial charge in [-0.1, -0.05) is 60.2 Å². The van der Waals surface area contributed by atoms with E-state index < -0.39 is 5.41 Å². The Balaban J connectivity index is 1.67. The maximum Gasteiger partial charge on any atom is 0.316 e. The molecule has 1 aliphatic carbocycles. The Kier molecular flexibility index (Phi) is 5.54. The number of carbonyl (C=O) groups excluding carboxylic acids is 1. The summed E-state index contributed by atoms with van der Waals surface area (Å²) in [6.07, 6.45) is 3.62. The summed E-state index contributed by atoms with van der Waals surface area (Å²) in [6.45, 7) is 2.94. The van der Waals surface area contributed by atoms with E-state index in [2.05, 4.69) is 60.8 Å². The Morgan fingerprint density at radius 3 is 2.32 bits per heavy atom. The number of hydrogen-bond donors (Lipinski definition) is 1. The Bertz CT molecular complexity index is 686. The summed E-state index contributed by atoms with van der Waals surface area (Å²) < 4.78 is 5.18. The van der Waals surface area contributed by atoms with Crippen molar-refractivity contribution >= 4 is 5.97 Å². The maximum absolute atomic E-state index is 12.6. The highest BCUT2D eigenvalue weighted by molar-refractivity contribution is 5.83. The van der Waals surface area contributed by atoms with Gasteiger partial charge in [-0.3, -0.25) is 4.79 Å². The number of aryl methyl sites for hydroxylation is 1. The van der Waals surface area contributed by atoms with Gasteiger partial charge < -0.3 is 10.1 Å². The van der Waals surface area contributed by atoms with E-state index in [1.165, 1.54) is 18.2 Å². The molecule has 3 rings (SSSR count). The minimum absolute atomic E-state index is 0.0992. The van der Waals surface area contributed by atoms with Gasteiger partial charge in [0.25, 0.3) is 0 Å². The van der Waals surface area contributed by atoms with Gasteiger partial charge in [-0.25, -0.2) is 0 Å². The van der Waals surface area contributed by atoms with Crippen molar-refractivity contribution in [2.45, 2.75) is 50.6 Å². The van der Waals surface area contributed by atoms with Crippen LogP contribution >= 0.6 is 0 Å². The van der Waals surface area contributed by atoms with Crippen LogP contribution in [0.2, 0.25) is 0 Å². The van der Waals surface area contributed by atoms with E-state index in [4.69, 9.17) is 4.74 Å². The Morgan fingerprint density at radius 2 is 1.72 bits per heavy atom. The lowest BCUT2D eigenvalue weighted by Crippen LogP contribution is -2.44. The molecular weight excluding hydrogens is 310 g/mol. The van der Waals surface area contributed by atoms with Crippen LogP contribution in [0.3, 0.4) is 0 Å². The number of benzene rings is 2. The first kappa shape index (κ1) is 17.7. The zero-order valence-electron chi connectivity index (χ0n) is 15.1. The lowest BCUT2D eigenvalue weighted by Gasteiger charge is -2.38. The van der Waals surface area contributed by atoms with E-state index in [0.717, 1.165) is 37.8 Å². The van der Waals surface area contributed by atoms with Crippen LogP contribution in [0.5, 0.6) is 0 Å². The molecule has 3 heteroatoms. The predicted octanol–water partition coefficient (Wildman–Crippen LogP) is 4.14. The topological polar surface area (TPSA) is 38.3 Å². The molecule has 1 saturated carbocycles. The van der Waals surface area contributed by atoms with E-state index in [1.807, 2.05) is 6.07 Å². The van der Waals surface area contributed by atoms with Gasteiger partial charge in [-0.2, -0.15) is 0 Å². The van der Waals surface area contributed by atoms with E-state index in [-0.39, 0.29) is 5.97 Å². The SMILES string of the molecule is COC(=O)[C@]1(c2ccc(C)cc2)CC[C@@H](NCc2ccccc2)CC1. The minimum atomic E-state index is -0.493. The van der Waals surface area contributed by atoms with Gasteiger partial charge >= 0.3 is 5.97 Å². The molecule has 132 valence electrons. The van der Waals surface area contributed by atoms with Crippen LogP contribution in [0.4, 0.5) is 0 Å². The third kappa shape index (κ3) is 3.93. The molecule has 0 aromatic heterocycles. The summed E-state index contributed by atoms with van der Waals surface area (Å²) in [7, 11) is 1.50. The van der Waals surface area contributed by atoms with Crippen LogP contribution in [0.15, 0.2) is 54.6 Å². The van der Waals surface area contributed by atoms with Crippen molar-refractivity contribution in [3.05, 3.63) is 71.3 Å². The fourth-order valence-corrected chi connectivity index (χ4v) is 3.85. The number of esters is 1. The zero-order chi connectivity index (χ0) is 17.7. The Hall–Kier alpha value is -2.13. The highest BCUT2D eigenvalue weighted by Crippen LogP contribution is 2.40. The summed E-state index contributed by atoms with van der Waals surface area (Å²) >= 11 is 0. The summed E-state index contributed by atoms with van der Waals surface area (Å²) in [5, 5.41) is 3.64. The van der Waals surface area contributed by atoms with Gasteiger partial charge in [-0.15, -0.1) is 0 Å². The van der Waals surface area contributed by atoms with Crippen LogP contribution in [0, 0.1) is 6.92 Å². The first-order chi connectivity index (χ1) is 12.1. The first-order valence-corrected chi connectivity index (χ1v) is 9.07. The monoisotopic (exact) mass is 337 g/mol. The summed E-state index contributed by atoms with van der Waals surface area (Å²) in [6, 6.07) is 19.2. The third-order valence-electron chi connectivity index (χ3n) is 5.46. The zero-order valence-corrected chi connectivity index (χ0v) is 15.1. The van der Waals surface area contributed by atoms with Crippen molar-refractivity contribution in [3.63, 3.8) is 0 Å². The number of rotatable bonds is 5. The first-order valence-electron chi connectivity index (χ1n) is 9.07. The van der Waals surface area contributed by atoms with Crippen molar-refractivity contribution in [1.82, 2.24) is 5.32 Å². The quantitative estimate of drug-likeness (QED) is 0.834. The highest BCUT2D eigenvalue weighted by Gasteiger charge is 2.44.